The number of carbonyl (C=O) groups excluding carboxylic acids is 1. The molecule has 165 valence electrons. The Balaban J connectivity index is 1.51. The number of amides is 1. The lowest BCUT2D eigenvalue weighted by Gasteiger charge is -2.43. The van der Waals surface area contributed by atoms with Gasteiger partial charge in [0.25, 0.3) is 0 Å². The predicted molar refractivity (Wildman–Crippen MR) is 116 cm³/mol. The van der Waals surface area contributed by atoms with Crippen LogP contribution in [0.3, 0.4) is 0 Å². The minimum atomic E-state index is -0.884. The summed E-state index contributed by atoms with van der Waals surface area (Å²) in [4.78, 5) is 14.5. The molecule has 6 heteroatoms. The van der Waals surface area contributed by atoms with Gasteiger partial charge in [0.15, 0.2) is 0 Å². The predicted octanol–water partition coefficient (Wildman–Crippen LogP) is 6.79. The summed E-state index contributed by atoms with van der Waals surface area (Å²) in [7, 11) is 0. The van der Waals surface area contributed by atoms with E-state index in [1.165, 1.54) is 24.3 Å². The molecule has 2 atom stereocenters. The summed E-state index contributed by atoms with van der Waals surface area (Å²) < 4.78 is 46.4. The molecule has 32 heavy (non-hydrogen) atoms. The summed E-state index contributed by atoms with van der Waals surface area (Å²) in [5.41, 5.74) is 1.62. The highest BCUT2D eigenvalue weighted by molar-refractivity contribution is 5.70. The van der Waals surface area contributed by atoms with E-state index in [1.807, 2.05) is 19.1 Å². The topological polar surface area (TPSA) is 29.5 Å². The first kappa shape index (κ1) is 21.9. The van der Waals surface area contributed by atoms with E-state index in [1.54, 1.807) is 29.2 Å². The zero-order valence-corrected chi connectivity index (χ0v) is 17.7. The molecule has 1 fully saturated rings. The van der Waals surface area contributed by atoms with Crippen LogP contribution in [0.4, 0.5) is 18.0 Å². The van der Waals surface area contributed by atoms with Gasteiger partial charge in [0.1, 0.15) is 23.1 Å². The third kappa shape index (κ3) is 4.09. The van der Waals surface area contributed by atoms with E-state index in [0.717, 1.165) is 17.2 Å². The van der Waals surface area contributed by atoms with E-state index in [2.05, 4.69) is 6.92 Å². The largest absolute Gasteiger partial charge is 0.438 e. The van der Waals surface area contributed by atoms with Crippen molar-refractivity contribution in [2.24, 2.45) is 0 Å². The molecule has 1 aliphatic heterocycles. The quantitative estimate of drug-likeness (QED) is 0.439. The van der Waals surface area contributed by atoms with Gasteiger partial charge in [0, 0.05) is 24.6 Å². The van der Waals surface area contributed by atoms with Gasteiger partial charge in [-0.3, -0.25) is 0 Å². The number of ether oxygens (including phenoxy) is 1. The second kappa shape index (κ2) is 8.69. The number of hydrogen-bond donors (Lipinski definition) is 0. The molecule has 1 radical (unpaired) electrons. The molecule has 1 saturated heterocycles. The Morgan fingerprint density at radius 3 is 2.25 bits per heavy atom. The van der Waals surface area contributed by atoms with Gasteiger partial charge in [0.05, 0.1) is 6.04 Å². The smallest absolute Gasteiger partial charge is 0.411 e. The molecular formula is C26H23F3NO2. The van der Waals surface area contributed by atoms with Crippen LogP contribution in [0.15, 0.2) is 66.7 Å². The maximum Gasteiger partial charge on any atom is 0.411 e. The molecule has 3 aromatic rings. The van der Waals surface area contributed by atoms with Crippen LogP contribution in [0.5, 0.6) is 0 Å². The zero-order chi connectivity index (χ0) is 22.9. The Morgan fingerprint density at radius 2 is 1.66 bits per heavy atom. The van der Waals surface area contributed by atoms with Gasteiger partial charge in [-0.1, -0.05) is 36.4 Å². The van der Waals surface area contributed by atoms with E-state index in [9.17, 15) is 18.0 Å². The van der Waals surface area contributed by atoms with Crippen molar-refractivity contribution in [2.45, 2.75) is 31.4 Å². The molecule has 1 heterocycles. The average Bonchev–Trinajstić information content (AvgIpc) is 2.79. The maximum absolute atomic E-state index is 14.1. The van der Waals surface area contributed by atoms with Crippen LogP contribution >= 0.6 is 0 Å². The maximum atomic E-state index is 14.1. The molecule has 0 N–H and O–H groups in total. The van der Waals surface area contributed by atoms with E-state index in [-0.39, 0.29) is 11.9 Å². The fourth-order valence-corrected chi connectivity index (χ4v) is 4.14. The standard InChI is InChI=1S/C26H23F3NO2/c1-3-26(20-8-10-21(27)11-9-20)14-15-30(25(31)32-26)17(2)18-4-6-19(7-5-18)23-13-12-22(28)16-24(23)29/h4-13,16-17H,1,3,14-15H2,2H3/t17-,26-/m0/s1. The van der Waals surface area contributed by atoms with Crippen molar-refractivity contribution in [1.29, 1.82) is 0 Å². The van der Waals surface area contributed by atoms with Crippen LogP contribution in [0.1, 0.15) is 36.9 Å². The molecule has 1 aliphatic rings. The first-order valence-corrected chi connectivity index (χ1v) is 10.4. The number of benzene rings is 3. The SMILES string of the molecule is [CH2]C[C@@]1(c2ccc(F)cc2)CCN([C@@H](C)c2ccc(-c3ccc(F)cc3F)cc2)C(=O)O1. The van der Waals surface area contributed by atoms with Crippen molar-refractivity contribution in [3.05, 3.63) is 102 Å². The molecular weight excluding hydrogens is 415 g/mol. The molecule has 3 aromatic carbocycles. The molecule has 0 bridgehead atoms. The Morgan fingerprint density at radius 1 is 1.00 bits per heavy atom. The van der Waals surface area contributed by atoms with Crippen LogP contribution in [0.25, 0.3) is 11.1 Å². The number of carbonyl (C=O) groups is 1. The van der Waals surface area contributed by atoms with Gasteiger partial charge < -0.3 is 9.64 Å². The minimum absolute atomic E-state index is 0.273. The monoisotopic (exact) mass is 438 g/mol. The minimum Gasteiger partial charge on any atom is -0.438 e. The summed E-state index contributed by atoms with van der Waals surface area (Å²) in [5.74, 6) is -1.61. The number of hydrogen-bond acceptors (Lipinski definition) is 2. The third-order valence-electron chi connectivity index (χ3n) is 6.15. The number of halogens is 3. The van der Waals surface area contributed by atoms with Crippen molar-refractivity contribution in [1.82, 2.24) is 4.90 Å². The number of rotatable bonds is 5. The van der Waals surface area contributed by atoms with Gasteiger partial charge in [-0.25, -0.2) is 18.0 Å². The Labute approximate surface area is 185 Å². The van der Waals surface area contributed by atoms with Crippen molar-refractivity contribution in [2.75, 3.05) is 6.54 Å². The van der Waals surface area contributed by atoms with E-state index in [4.69, 9.17) is 4.74 Å². The van der Waals surface area contributed by atoms with Crippen LogP contribution in [0, 0.1) is 24.4 Å². The second-order valence-corrected chi connectivity index (χ2v) is 7.98. The molecule has 1 amide bonds. The Hall–Kier alpha value is -3.28. The van der Waals surface area contributed by atoms with Crippen molar-refractivity contribution in [3.63, 3.8) is 0 Å². The van der Waals surface area contributed by atoms with Crippen LogP contribution in [-0.4, -0.2) is 17.5 Å². The Bertz CT molecular complexity index is 1110. The van der Waals surface area contributed by atoms with Crippen molar-refractivity contribution < 1.29 is 22.7 Å². The van der Waals surface area contributed by atoms with E-state index in [0.29, 0.717) is 30.5 Å². The first-order chi connectivity index (χ1) is 15.3. The summed E-state index contributed by atoms with van der Waals surface area (Å²) in [6.45, 7) is 6.29. The normalized spacial score (nSPS) is 19.5. The lowest BCUT2D eigenvalue weighted by Crippen LogP contribution is -2.48. The fourth-order valence-electron chi connectivity index (χ4n) is 4.14. The second-order valence-electron chi connectivity index (χ2n) is 7.98. The van der Waals surface area contributed by atoms with Gasteiger partial charge in [0.2, 0.25) is 0 Å². The fraction of sp³-hybridized carbons (Fsp3) is 0.231. The summed E-state index contributed by atoms with van der Waals surface area (Å²) in [5, 5.41) is 0. The highest BCUT2D eigenvalue weighted by Crippen LogP contribution is 2.39. The third-order valence-corrected chi connectivity index (χ3v) is 6.15. The highest BCUT2D eigenvalue weighted by Gasteiger charge is 2.42. The lowest BCUT2D eigenvalue weighted by molar-refractivity contribution is -0.0593. The molecule has 0 aromatic heterocycles. The van der Waals surface area contributed by atoms with E-state index >= 15 is 0 Å². The van der Waals surface area contributed by atoms with Crippen molar-refractivity contribution in [3.8, 4) is 11.1 Å². The van der Waals surface area contributed by atoms with Gasteiger partial charge >= 0.3 is 6.09 Å². The van der Waals surface area contributed by atoms with Gasteiger partial charge in [-0.05, 0) is 61.2 Å². The van der Waals surface area contributed by atoms with Gasteiger partial charge in [-0.2, -0.15) is 0 Å². The number of nitrogens with zero attached hydrogens (tertiary/aromatic N) is 1. The molecule has 4 rings (SSSR count). The lowest BCUT2D eigenvalue weighted by atomic mass is 9.86. The van der Waals surface area contributed by atoms with Crippen LogP contribution in [-0.2, 0) is 10.3 Å². The average molecular weight is 438 g/mol. The summed E-state index contributed by atoms with van der Waals surface area (Å²) >= 11 is 0. The molecule has 0 saturated carbocycles. The van der Waals surface area contributed by atoms with Crippen LogP contribution < -0.4 is 0 Å². The van der Waals surface area contributed by atoms with Crippen LogP contribution in [0.2, 0.25) is 0 Å². The number of cyclic esters (lactones) is 1. The summed E-state index contributed by atoms with van der Waals surface area (Å²) in [6, 6.07) is 16.3. The molecule has 0 spiro atoms. The molecule has 0 aliphatic carbocycles. The van der Waals surface area contributed by atoms with Crippen molar-refractivity contribution >= 4 is 6.09 Å². The molecule has 3 nitrogen and oxygen atoms in total. The highest BCUT2D eigenvalue weighted by atomic mass is 19.1. The van der Waals surface area contributed by atoms with E-state index < -0.39 is 23.3 Å². The zero-order valence-electron chi connectivity index (χ0n) is 17.7. The molecule has 0 unspecified atom stereocenters. The van der Waals surface area contributed by atoms with Gasteiger partial charge in [-0.15, -0.1) is 0 Å². The summed E-state index contributed by atoms with van der Waals surface area (Å²) in [6.07, 6.45) is 0.395. The Kier molecular flexibility index (Phi) is 5.96. The first-order valence-electron chi connectivity index (χ1n) is 10.4.